The lowest BCUT2D eigenvalue weighted by atomic mass is 10.1. The van der Waals surface area contributed by atoms with Crippen molar-refractivity contribution in [2.45, 2.75) is 26.4 Å². The maximum atomic E-state index is 5.59. The number of nitrogens with one attached hydrogen (secondary N) is 1. The summed E-state index contributed by atoms with van der Waals surface area (Å²) in [5, 5.41) is 4.09. The van der Waals surface area contributed by atoms with E-state index >= 15 is 0 Å². The Kier molecular flexibility index (Phi) is 4.34. The number of aromatic nitrogens is 1. The summed E-state index contributed by atoms with van der Waals surface area (Å²) in [6, 6.07) is 12.4. The largest absolute Gasteiger partial charge is 0.494 e. The van der Waals surface area contributed by atoms with Crippen LogP contribution in [-0.2, 0) is 6.54 Å². The predicted octanol–water partition coefficient (Wildman–Crippen LogP) is 3.66. The molecule has 1 unspecified atom stereocenters. The van der Waals surface area contributed by atoms with Crippen molar-refractivity contribution in [2.24, 2.45) is 0 Å². The Balaban J connectivity index is 1.67. The van der Waals surface area contributed by atoms with Gasteiger partial charge >= 0.3 is 0 Å². The molecule has 0 amide bonds. The van der Waals surface area contributed by atoms with Gasteiger partial charge in [-0.3, -0.25) is 0 Å². The van der Waals surface area contributed by atoms with Crippen LogP contribution in [0.25, 0.3) is 0 Å². The third-order valence-corrected chi connectivity index (χ3v) is 4.36. The van der Waals surface area contributed by atoms with Crippen molar-refractivity contribution in [3.63, 3.8) is 0 Å². The van der Waals surface area contributed by atoms with Crippen molar-refractivity contribution >= 4 is 23.0 Å². The molecule has 1 aliphatic rings. The van der Waals surface area contributed by atoms with Gasteiger partial charge in [0.05, 0.1) is 12.6 Å². The molecule has 0 spiro atoms. The third-order valence-electron chi connectivity index (χ3n) is 4.02. The summed E-state index contributed by atoms with van der Waals surface area (Å²) < 4.78 is 7.75. The second-order valence-corrected chi connectivity index (χ2v) is 5.77. The molecule has 3 rings (SSSR count). The van der Waals surface area contributed by atoms with Crippen molar-refractivity contribution < 1.29 is 4.74 Å². The first-order valence-electron chi connectivity index (χ1n) is 7.64. The molecule has 116 valence electrons. The normalized spacial score (nSPS) is 17.0. The maximum Gasteiger partial charge on any atom is 0.174 e. The minimum absolute atomic E-state index is 0.284. The smallest absolute Gasteiger partial charge is 0.174 e. The summed E-state index contributed by atoms with van der Waals surface area (Å²) in [6.45, 7) is 6.74. The Morgan fingerprint density at radius 3 is 2.77 bits per heavy atom. The number of nitrogens with zero attached hydrogens (tertiary/aromatic N) is 2. The van der Waals surface area contributed by atoms with Crippen LogP contribution in [0.4, 0.5) is 5.69 Å². The minimum atomic E-state index is 0.284. The first-order valence-corrected chi connectivity index (χ1v) is 8.05. The van der Waals surface area contributed by atoms with Crippen LogP contribution in [-0.4, -0.2) is 27.7 Å². The number of fused-ring (bicyclic) bond motifs is 1. The Morgan fingerprint density at radius 2 is 2.05 bits per heavy atom. The van der Waals surface area contributed by atoms with Crippen LogP contribution in [0.15, 0.2) is 42.6 Å². The van der Waals surface area contributed by atoms with Gasteiger partial charge in [-0.05, 0) is 62.5 Å². The first-order chi connectivity index (χ1) is 10.7. The van der Waals surface area contributed by atoms with E-state index in [0.29, 0.717) is 6.61 Å². The minimum Gasteiger partial charge on any atom is -0.494 e. The fourth-order valence-electron chi connectivity index (χ4n) is 2.85. The van der Waals surface area contributed by atoms with E-state index in [1.807, 2.05) is 31.2 Å². The van der Waals surface area contributed by atoms with E-state index in [1.165, 1.54) is 5.69 Å². The maximum absolute atomic E-state index is 5.59. The average Bonchev–Trinajstić information content (AvgIpc) is 2.99. The van der Waals surface area contributed by atoms with Gasteiger partial charge in [-0.2, -0.15) is 0 Å². The number of hydrogen-bond acceptors (Lipinski definition) is 2. The van der Waals surface area contributed by atoms with Crippen LogP contribution in [0.2, 0.25) is 0 Å². The van der Waals surface area contributed by atoms with Crippen molar-refractivity contribution in [3.05, 3.63) is 48.3 Å². The molecule has 0 bridgehead atoms. The van der Waals surface area contributed by atoms with Crippen molar-refractivity contribution in [1.29, 1.82) is 0 Å². The quantitative estimate of drug-likeness (QED) is 0.875. The summed E-state index contributed by atoms with van der Waals surface area (Å²) >= 11 is 5.59. The summed E-state index contributed by atoms with van der Waals surface area (Å²) in [7, 11) is 0. The van der Waals surface area contributed by atoms with Gasteiger partial charge < -0.3 is 19.5 Å². The molecule has 1 N–H and O–H groups in total. The highest BCUT2D eigenvalue weighted by atomic mass is 32.1. The van der Waals surface area contributed by atoms with Gasteiger partial charge in [-0.25, -0.2) is 0 Å². The van der Waals surface area contributed by atoms with Crippen molar-refractivity contribution in [3.8, 4) is 5.75 Å². The van der Waals surface area contributed by atoms with Gasteiger partial charge in [0, 0.05) is 30.7 Å². The Hall–Kier alpha value is -2.01. The zero-order valence-electron chi connectivity index (χ0n) is 13.0. The van der Waals surface area contributed by atoms with E-state index < -0.39 is 0 Å². The SMILES string of the molecule is CCOc1ccc(NC(=S)N2CCn3cccc3C2C)cc1. The lowest BCUT2D eigenvalue weighted by Crippen LogP contribution is -2.42. The fourth-order valence-corrected chi connectivity index (χ4v) is 3.22. The standard InChI is InChI=1S/C17H21N3OS/c1-3-21-15-8-6-14(7-9-15)18-17(22)20-12-11-19-10-4-5-16(19)13(20)2/h4-10,13H,3,11-12H2,1-2H3,(H,18,22). The molecule has 2 heterocycles. The average molecular weight is 315 g/mol. The van der Waals surface area contributed by atoms with E-state index in [1.54, 1.807) is 0 Å². The van der Waals surface area contributed by atoms with Gasteiger partial charge in [-0.1, -0.05) is 0 Å². The van der Waals surface area contributed by atoms with E-state index in [0.717, 1.165) is 29.6 Å². The second-order valence-electron chi connectivity index (χ2n) is 5.38. The van der Waals surface area contributed by atoms with E-state index in [4.69, 9.17) is 17.0 Å². The number of thiocarbonyl (C=S) groups is 1. The summed E-state index contributed by atoms with van der Waals surface area (Å²) in [5.74, 6) is 0.878. The monoisotopic (exact) mass is 315 g/mol. The number of benzene rings is 1. The molecule has 2 aromatic rings. The first kappa shape index (κ1) is 14.9. The van der Waals surface area contributed by atoms with Crippen molar-refractivity contribution in [2.75, 3.05) is 18.5 Å². The molecule has 1 aromatic heterocycles. The molecule has 5 heteroatoms. The van der Waals surface area contributed by atoms with E-state index in [-0.39, 0.29) is 6.04 Å². The number of rotatable bonds is 3. The third kappa shape index (κ3) is 2.95. The van der Waals surface area contributed by atoms with Gasteiger partial charge in [0.15, 0.2) is 5.11 Å². The van der Waals surface area contributed by atoms with Crippen LogP contribution >= 0.6 is 12.2 Å². The van der Waals surface area contributed by atoms with Gasteiger partial charge in [0.2, 0.25) is 0 Å². The Labute approximate surface area is 136 Å². The van der Waals surface area contributed by atoms with Gasteiger partial charge in [-0.15, -0.1) is 0 Å². The van der Waals surface area contributed by atoms with Gasteiger partial charge in [0.25, 0.3) is 0 Å². The van der Waals surface area contributed by atoms with Crippen LogP contribution in [0.1, 0.15) is 25.6 Å². The molecule has 1 atom stereocenters. The lowest BCUT2D eigenvalue weighted by Gasteiger charge is -2.36. The number of hydrogen-bond donors (Lipinski definition) is 1. The van der Waals surface area contributed by atoms with E-state index in [9.17, 15) is 0 Å². The zero-order chi connectivity index (χ0) is 15.5. The molecule has 4 nitrogen and oxygen atoms in total. The molecule has 0 fully saturated rings. The summed E-state index contributed by atoms with van der Waals surface area (Å²) in [5.41, 5.74) is 2.30. The summed E-state index contributed by atoms with van der Waals surface area (Å²) in [4.78, 5) is 2.24. The highest BCUT2D eigenvalue weighted by Gasteiger charge is 2.25. The lowest BCUT2D eigenvalue weighted by molar-refractivity contribution is 0.276. The Morgan fingerprint density at radius 1 is 1.27 bits per heavy atom. The molecule has 1 aromatic carbocycles. The topological polar surface area (TPSA) is 29.4 Å². The number of anilines is 1. The van der Waals surface area contributed by atoms with Gasteiger partial charge in [0.1, 0.15) is 5.75 Å². The molecule has 0 aliphatic carbocycles. The second kappa shape index (κ2) is 6.40. The van der Waals surface area contributed by atoms with Crippen LogP contribution < -0.4 is 10.1 Å². The van der Waals surface area contributed by atoms with Crippen LogP contribution in [0.3, 0.4) is 0 Å². The molecule has 1 aliphatic heterocycles. The molecule has 22 heavy (non-hydrogen) atoms. The molecular weight excluding hydrogens is 294 g/mol. The molecule has 0 saturated heterocycles. The zero-order valence-corrected chi connectivity index (χ0v) is 13.8. The van der Waals surface area contributed by atoms with Crippen molar-refractivity contribution in [1.82, 2.24) is 9.47 Å². The van der Waals surface area contributed by atoms with Crippen LogP contribution in [0.5, 0.6) is 5.75 Å². The Bertz CT molecular complexity index is 650. The highest BCUT2D eigenvalue weighted by Crippen LogP contribution is 2.26. The summed E-state index contributed by atoms with van der Waals surface area (Å²) in [6.07, 6.45) is 2.13. The molecule has 0 radical (unpaired) electrons. The predicted molar refractivity (Wildman–Crippen MR) is 93.4 cm³/mol. The number of ether oxygens (including phenoxy) is 1. The molecular formula is C17H21N3OS. The highest BCUT2D eigenvalue weighted by molar-refractivity contribution is 7.80. The fraction of sp³-hybridized carbons (Fsp3) is 0.353. The molecule has 0 saturated carbocycles. The van der Waals surface area contributed by atoms with Crippen LogP contribution in [0, 0.1) is 0 Å². The van der Waals surface area contributed by atoms with E-state index in [2.05, 4.69) is 40.0 Å².